The second-order valence-electron chi connectivity index (χ2n) is 5.29. The number of hydrogen-bond donors (Lipinski definition) is 2. The summed E-state index contributed by atoms with van der Waals surface area (Å²) in [7, 11) is 0. The lowest BCUT2D eigenvalue weighted by molar-refractivity contribution is -0.134. The molecule has 3 nitrogen and oxygen atoms in total. The van der Waals surface area contributed by atoms with Crippen molar-refractivity contribution in [2.24, 2.45) is 0 Å². The maximum atomic E-state index is 12.3. The van der Waals surface area contributed by atoms with Gasteiger partial charge in [0.15, 0.2) is 0 Å². The van der Waals surface area contributed by atoms with Gasteiger partial charge in [0.25, 0.3) is 5.91 Å². The lowest BCUT2D eigenvalue weighted by Gasteiger charge is -2.30. The number of aryl methyl sites for hydroxylation is 2. The van der Waals surface area contributed by atoms with Gasteiger partial charge in [-0.05, 0) is 60.4 Å². The number of carbonyl (C=O) groups is 1. The molecule has 0 bridgehead atoms. The van der Waals surface area contributed by atoms with Crippen molar-refractivity contribution in [3.8, 4) is 0 Å². The molecule has 1 aliphatic heterocycles. The predicted octanol–water partition coefficient (Wildman–Crippen LogP) is 3.01. The highest BCUT2D eigenvalue weighted by Gasteiger charge is 2.37. The molecule has 0 aromatic heterocycles. The number of amides is 1. The number of rotatable bonds is 4. The normalized spacial score (nSPS) is 17.8. The van der Waals surface area contributed by atoms with Crippen LogP contribution in [0.2, 0.25) is 0 Å². The molecule has 1 fully saturated rings. The summed E-state index contributed by atoms with van der Waals surface area (Å²) in [5.41, 5.74) is 2.17. The van der Waals surface area contributed by atoms with Gasteiger partial charge in [-0.2, -0.15) is 11.8 Å². The molecule has 0 saturated carbocycles. The molecule has 1 amide bonds. The van der Waals surface area contributed by atoms with Crippen LogP contribution < -0.4 is 5.32 Å². The molecule has 1 aromatic rings. The van der Waals surface area contributed by atoms with E-state index in [2.05, 4.69) is 25.2 Å². The monoisotopic (exact) mass is 293 g/mol. The SMILES string of the molecule is CCc1ccc(NC(=O)C2(O)CCSCC2)cc1CC. The van der Waals surface area contributed by atoms with Gasteiger partial charge in [0.05, 0.1) is 0 Å². The lowest BCUT2D eigenvalue weighted by Crippen LogP contribution is -2.45. The fraction of sp³-hybridized carbons (Fsp3) is 0.562. The Morgan fingerprint density at radius 3 is 2.50 bits per heavy atom. The summed E-state index contributed by atoms with van der Waals surface area (Å²) in [5.74, 6) is 1.43. The molecule has 20 heavy (non-hydrogen) atoms. The number of thioether (sulfide) groups is 1. The molecular weight excluding hydrogens is 270 g/mol. The van der Waals surface area contributed by atoms with Gasteiger partial charge in [0.2, 0.25) is 0 Å². The average Bonchev–Trinajstić information content (AvgIpc) is 2.47. The van der Waals surface area contributed by atoms with Gasteiger partial charge in [0.1, 0.15) is 5.60 Å². The molecule has 0 radical (unpaired) electrons. The topological polar surface area (TPSA) is 49.3 Å². The van der Waals surface area contributed by atoms with Crippen molar-refractivity contribution in [1.29, 1.82) is 0 Å². The molecule has 2 rings (SSSR count). The highest BCUT2D eigenvalue weighted by atomic mass is 32.2. The minimum absolute atomic E-state index is 0.260. The molecule has 0 aliphatic carbocycles. The van der Waals surface area contributed by atoms with Crippen LogP contribution in [-0.4, -0.2) is 28.1 Å². The third-order valence-electron chi connectivity index (χ3n) is 3.97. The summed E-state index contributed by atoms with van der Waals surface area (Å²) in [5, 5.41) is 13.3. The molecule has 110 valence electrons. The molecule has 4 heteroatoms. The van der Waals surface area contributed by atoms with E-state index in [0.29, 0.717) is 12.8 Å². The van der Waals surface area contributed by atoms with Crippen LogP contribution in [0.4, 0.5) is 5.69 Å². The summed E-state index contributed by atoms with van der Waals surface area (Å²) in [4.78, 5) is 12.3. The van der Waals surface area contributed by atoms with Crippen LogP contribution in [0, 0.1) is 0 Å². The number of hydrogen-bond acceptors (Lipinski definition) is 3. The van der Waals surface area contributed by atoms with Crippen LogP contribution in [0.25, 0.3) is 0 Å². The number of aliphatic hydroxyl groups is 1. The standard InChI is InChI=1S/C16H23NO2S/c1-3-12-5-6-14(11-13(12)4-2)17-15(18)16(19)7-9-20-10-8-16/h5-6,11,19H,3-4,7-10H2,1-2H3,(H,17,18). The molecule has 2 N–H and O–H groups in total. The Balaban J connectivity index is 2.11. The van der Waals surface area contributed by atoms with Crippen LogP contribution in [0.15, 0.2) is 18.2 Å². The third kappa shape index (κ3) is 3.36. The van der Waals surface area contributed by atoms with Gasteiger partial charge in [-0.25, -0.2) is 0 Å². The van der Waals surface area contributed by atoms with Crippen LogP contribution in [0.3, 0.4) is 0 Å². The van der Waals surface area contributed by atoms with E-state index in [1.165, 1.54) is 11.1 Å². The molecule has 0 unspecified atom stereocenters. The van der Waals surface area contributed by atoms with Crippen molar-refractivity contribution >= 4 is 23.4 Å². The largest absolute Gasteiger partial charge is 0.380 e. The van der Waals surface area contributed by atoms with Crippen LogP contribution in [0.5, 0.6) is 0 Å². The lowest BCUT2D eigenvalue weighted by atomic mass is 9.95. The zero-order valence-electron chi connectivity index (χ0n) is 12.2. The van der Waals surface area contributed by atoms with Crippen molar-refractivity contribution in [2.45, 2.75) is 45.1 Å². The van der Waals surface area contributed by atoms with E-state index >= 15 is 0 Å². The van der Waals surface area contributed by atoms with Gasteiger partial charge < -0.3 is 10.4 Å². The Morgan fingerprint density at radius 2 is 1.90 bits per heavy atom. The van der Waals surface area contributed by atoms with Gasteiger partial charge in [-0.3, -0.25) is 4.79 Å². The Kier molecular flexibility index (Phi) is 5.11. The van der Waals surface area contributed by atoms with E-state index in [1.54, 1.807) is 11.8 Å². The van der Waals surface area contributed by atoms with Crippen LogP contribution in [0.1, 0.15) is 37.8 Å². The quantitative estimate of drug-likeness (QED) is 0.897. The molecule has 0 spiro atoms. The minimum Gasteiger partial charge on any atom is -0.380 e. The maximum absolute atomic E-state index is 12.3. The van der Waals surface area contributed by atoms with Crippen molar-refractivity contribution in [3.63, 3.8) is 0 Å². The number of nitrogens with one attached hydrogen (secondary N) is 1. The number of benzene rings is 1. The fourth-order valence-corrected chi connectivity index (χ4v) is 3.73. The number of anilines is 1. The van der Waals surface area contributed by atoms with E-state index in [9.17, 15) is 9.90 Å². The molecular formula is C16H23NO2S. The van der Waals surface area contributed by atoms with Crippen molar-refractivity contribution in [3.05, 3.63) is 29.3 Å². The molecule has 1 saturated heterocycles. The molecule has 1 heterocycles. The van der Waals surface area contributed by atoms with Crippen molar-refractivity contribution in [1.82, 2.24) is 0 Å². The first-order valence-electron chi connectivity index (χ1n) is 7.32. The summed E-state index contributed by atoms with van der Waals surface area (Å²) < 4.78 is 0. The molecule has 1 aromatic carbocycles. The van der Waals surface area contributed by atoms with E-state index in [1.807, 2.05) is 12.1 Å². The smallest absolute Gasteiger partial charge is 0.256 e. The fourth-order valence-electron chi connectivity index (χ4n) is 2.56. The Labute approximate surface area is 125 Å². The zero-order valence-corrected chi connectivity index (χ0v) is 13.1. The van der Waals surface area contributed by atoms with E-state index < -0.39 is 5.60 Å². The molecule has 1 aliphatic rings. The average molecular weight is 293 g/mol. The highest BCUT2D eigenvalue weighted by molar-refractivity contribution is 7.99. The van der Waals surface area contributed by atoms with Crippen molar-refractivity contribution < 1.29 is 9.90 Å². The minimum atomic E-state index is -1.19. The summed E-state index contributed by atoms with van der Waals surface area (Å²) in [6.45, 7) is 4.25. The Morgan fingerprint density at radius 1 is 1.25 bits per heavy atom. The Hall–Kier alpha value is -1.00. The molecule has 0 atom stereocenters. The van der Waals surface area contributed by atoms with Crippen LogP contribution in [-0.2, 0) is 17.6 Å². The zero-order chi connectivity index (χ0) is 14.6. The predicted molar refractivity (Wildman–Crippen MR) is 85.3 cm³/mol. The highest BCUT2D eigenvalue weighted by Crippen LogP contribution is 2.28. The summed E-state index contributed by atoms with van der Waals surface area (Å²) in [6.07, 6.45) is 3.03. The first-order valence-corrected chi connectivity index (χ1v) is 8.48. The van der Waals surface area contributed by atoms with E-state index in [0.717, 1.165) is 30.0 Å². The van der Waals surface area contributed by atoms with Gasteiger partial charge >= 0.3 is 0 Å². The Bertz CT molecular complexity index is 481. The van der Waals surface area contributed by atoms with Gasteiger partial charge in [-0.15, -0.1) is 0 Å². The van der Waals surface area contributed by atoms with E-state index in [4.69, 9.17) is 0 Å². The van der Waals surface area contributed by atoms with Gasteiger partial charge in [-0.1, -0.05) is 19.9 Å². The second-order valence-corrected chi connectivity index (χ2v) is 6.51. The van der Waals surface area contributed by atoms with Gasteiger partial charge in [0, 0.05) is 5.69 Å². The van der Waals surface area contributed by atoms with Crippen LogP contribution >= 0.6 is 11.8 Å². The maximum Gasteiger partial charge on any atom is 0.256 e. The van der Waals surface area contributed by atoms with Crippen molar-refractivity contribution in [2.75, 3.05) is 16.8 Å². The third-order valence-corrected chi connectivity index (χ3v) is 4.95. The summed E-state index contributed by atoms with van der Waals surface area (Å²) in [6, 6.07) is 6.02. The first-order chi connectivity index (χ1) is 9.59. The number of carbonyl (C=O) groups excluding carboxylic acids is 1. The second kappa shape index (κ2) is 6.64. The summed E-state index contributed by atoms with van der Waals surface area (Å²) >= 11 is 1.79. The first kappa shape index (κ1) is 15.4. The van der Waals surface area contributed by atoms with E-state index in [-0.39, 0.29) is 5.91 Å².